The summed E-state index contributed by atoms with van der Waals surface area (Å²) < 4.78 is 5.14. The first-order chi connectivity index (χ1) is 10.1. The molecule has 0 spiro atoms. The molecule has 1 amide bonds. The Labute approximate surface area is 139 Å². The molecule has 0 saturated heterocycles. The molecule has 7 heteroatoms. The predicted molar refractivity (Wildman–Crippen MR) is 85.6 cm³/mol. The maximum absolute atomic E-state index is 11.8. The number of benzene rings is 1. The third-order valence-corrected chi connectivity index (χ3v) is 3.35. The van der Waals surface area contributed by atoms with Gasteiger partial charge in [0.25, 0.3) is 0 Å². The summed E-state index contributed by atoms with van der Waals surface area (Å²) in [7, 11) is 0. The van der Waals surface area contributed by atoms with Crippen molar-refractivity contribution in [2.24, 2.45) is 0 Å². The van der Waals surface area contributed by atoms with Crippen LogP contribution in [0.5, 0.6) is 0 Å². The predicted octanol–water partition coefficient (Wildman–Crippen LogP) is 3.90. The Kier molecular flexibility index (Phi) is 6.50. The number of aliphatic carboxylic acids is 1. The van der Waals surface area contributed by atoms with Crippen LogP contribution in [-0.2, 0) is 16.0 Å². The van der Waals surface area contributed by atoms with Gasteiger partial charge in [-0.25, -0.2) is 4.79 Å². The van der Waals surface area contributed by atoms with Crippen LogP contribution in [0.15, 0.2) is 18.2 Å². The lowest BCUT2D eigenvalue weighted by Gasteiger charge is -2.23. The van der Waals surface area contributed by atoms with Crippen LogP contribution in [0.1, 0.15) is 32.8 Å². The average Bonchev–Trinajstić information content (AvgIpc) is 2.30. The molecular weight excluding hydrogens is 329 g/mol. The summed E-state index contributed by atoms with van der Waals surface area (Å²) in [5.74, 6) is -1.01. The molecule has 1 aromatic rings. The number of alkyl carbamates (subject to hydrolysis) is 1. The zero-order valence-corrected chi connectivity index (χ0v) is 14.2. The third-order valence-electron chi connectivity index (χ3n) is 2.61. The van der Waals surface area contributed by atoms with Crippen molar-refractivity contribution in [2.75, 3.05) is 0 Å². The van der Waals surface area contributed by atoms with E-state index in [9.17, 15) is 9.59 Å². The van der Waals surface area contributed by atoms with E-state index >= 15 is 0 Å². The number of ether oxygens (including phenoxy) is 1. The van der Waals surface area contributed by atoms with E-state index in [0.717, 1.165) is 5.56 Å². The van der Waals surface area contributed by atoms with Gasteiger partial charge in [-0.1, -0.05) is 29.3 Å². The smallest absolute Gasteiger partial charge is 0.407 e. The number of carbonyl (C=O) groups is 2. The fourth-order valence-corrected chi connectivity index (χ4v) is 2.13. The highest BCUT2D eigenvalue weighted by Gasteiger charge is 2.21. The van der Waals surface area contributed by atoms with Crippen LogP contribution in [0.2, 0.25) is 10.0 Å². The number of hydrogen-bond acceptors (Lipinski definition) is 3. The lowest BCUT2D eigenvalue weighted by atomic mass is 10.0. The highest BCUT2D eigenvalue weighted by atomic mass is 35.5. The van der Waals surface area contributed by atoms with E-state index in [0.29, 0.717) is 16.5 Å². The van der Waals surface area contributed by atoms with Crippen molar-refractivity contribution >= 4 is 35.3 Å². The molecule has 1 atom stereocenters. The van der Waals surface area contributed by atoms with Gasteiger partial charge in [-0.05, 0) is 44.9 Å². The quantitative estimate of drug-likeness (QED) is 0.846. The van der Waals surface area contributed by atoms with E-state index in [2.05, 4.69) is 5.32 Å². The van der Waals surface area contributed by atoms with Gasteiger partial charge in [0.15, 0.2) is 0 Å². The molecular formula is C15H19Cl2NO4. The number of nitrogens with one attached hydrogen (secondary N) is 1. The minimum Gasteiger partial charge on any atom is -0.481 e. The van der Waals surface area contributed by atoms with Gasteiger partial charge < -0.3 is 15.2 Å². The number of halogens is 2. The summed E-state index contributed by atoms with van der Waals surface area (Å²) in [4.78, 5) is 22.7. The number of carboxylic acids is 1. The second kappa shape index (κ2) is 7.70. The van der Waals surface area contributed by atoms with Gasteiger partial charge in [-0.15, -0.1) is 0 Å². The molecule has 0 aliphatic rings. The van der Waals surface area contributed by atoms with E-state index in [1.807, 2.05) is 0 Å². The van der Waals surface area contributed by atoms with E-state index in [1.54, 1.807) is 39.0 Å². The third kappa shape index (κ3) is 7.00. The molecule has 2 N–H and O–H groups in total. The topological polar surface area (TPSA) is 75.6 Å². The van der Waals surface area contributed by atoms with Gasteiger partial charge in [0, 0.05) is 6.04 Å². The van der Waals surface area contributed by atoms with Crippen LogP contribution >= 0.6 is 23.2 Å². The molecule has 122 valence electrons. The van der Waals surface area contributed by atoms with Crippen molar-refractivity contribution in [3.05, 3.63) is 33.8 Å². The van der Waals surface area contributed by atoms with E-state index in [4.69, 9.17) is 33.0 Å². The minimum absolute atomic E-state index is 0.223. The number of rotatable bonds is 5. The Balaban J connectivity index is 2.77. The van der Waals surface area contributed by atoms with Crippen molar-refractivity contribution in [1.82, 2.24) is 5.32 Å². The van der Waals surface area contributed by atoms with Crippen LogP contribution in [0.25, 0.3) is 0 Å². The van der Waals surface area contributed by atoms with Crippen LogP contribution in [-0.4, -0.2) is 28.8 Å². The zero-order chi connectivity index (χ0) is 16.9. The van der Waals surface area contributed by atoms with Gasteiger partial charge >= 0.3 is 12.1 Å². The summed E-state index contributed by atoms with van der Waals surface area (Å²) in [5.41, 5.74) is 0.123. The molecule has 0 aliphatic heterocycles. The van der Waals surface area contributed by atoms with Crippen LogP contribution in [0.3, 0.4) is 0 Å². The molecule has 0 heterocycles. The van der Waals surface area contributed by atoms with Gasteiger partial charge in [0.1, 0.15) is 5.60 Å². The molecule has 0 saturated carbocycles. The standard InChI is InChI=1S/C15H19Cl2NO4/c1-15(2,3)22-14(21)18-10(8-13(19)20)6-9-4-5-11(16)12(17)7-9/h4-5,7,10H,6,8H2,1-3H3,(H,18,21)(H,19,20)/t10-/m0/s1. The fraction of sp³-hybridized carbons (Fsp3) is 0.467. The Bertz CT molecular complexity index is 555. The van der Waals surface area contributed by atoms with E-state index in [1.165, 1.54) is 0 Å². The van der Waals surface area contributed by atoms with Crippen molar-refractivity contribution in [3.8, 4) is 0 Å². The average molecular weight is 348 g/mol. The Morgan fingerprint density at radius 2 is 1.91 bits per heavy atom. The van der Waals surface area contributed by atoms with Crippen LogP contribution in [0, 0.1) is 0 Å². The molecule has 0 fully saturated rings. The first-order valence-corrected chi connectivity index (χ1v) is 7.47. The molecule has 0 aliphatic carbocycles. The minimum atomic E-state index is -1.01. The second-order valence-corrected chi connectivity index (χ2v) is 6.71. The molecule has 0 unspecified atom stereocenters. The largest absolute Gasteiger partial charge is 0.481 e. The highest BCUT2D eigenvalue weighted by Crippen LogP contribution is 2.23. The van der Waals surface area contributed by atoms with Crippen molar-refractivity contribution < 1.29 is 19.4 Å². The molecule has 1 rings (SSSR count). The summed E-state index contributed by atoms with van der Waals surface area (Å²) in [5, 5.41) is 12.3. The van der Waals surface area contributed by atoms with Crippen molar-refractivity contribution in [1.29, 1.82) is 0 Å². The van der Waals surface area contributed by atoms with Crippen LogP contribution < -0.4 is 5.32 Å². The summed E-state index contributed by atoms with van der Waals surface area (Å²) in [6, 6.07) is 4.41. The maximum atomic E-state index is 11.8. The second-order valence-electron chi connectivity index (χ2n) is 5.89. The maximum Gasteiger partial charge on any atom is 0.407 e. The van der Waals surface area contributed by atoms with Crippen LogP contribution in [0.4, 0.5) is 4.79 Å². The lowest BCUT2D eigenvalue weighted by molar-refractivity contribution is -0.137. The number of hydrogen-bond donors (Lipinski definition) is 2. The van der Waals surface area contributed by atoms with E-state index in [-0.39, 0.29) is 6.42 Å². The molecule has 0 bridgehead atoms. The van der Waals surface area contributed by atoms with Crippen molar-refractivity contribution in [3.63, 3.8) is 0 Å². The normalized spacial score (nSPS) is 12.6. The lowest BCUT2D eigenvalue weighted by Crippen LogP contribution is -2.41. The van der Waals surface area contributed by atoms with Gasteiger partial charge in [0.05, 0.1) is 16.5 Å². The monoisotopic (exact) mass is 347 g/mol. The first-order valence-electron chi connectivity index (χ1n) is 6.72. The number of amides is 1. The summed E-state index contributed by atoms with van der Waals surface area (Å²) in [6.07, 6.45) is -0.569. The zero-order valence-electron chi connectivity index (χ0n) is 12.7. The number of carbonyl (C=O) groups excluding carboxylic acids is 1. The molecule has 0 radical (unpaired) electrons. The fourth-order valence-electron chi connectivity index (χ4n) is 1.81. The molecule has 1 aromatic carbocycles. The van der Waals surface area contributed by atoms with Crippen molar-refractivity contribution in [2.45, 2.75) is 45.3 Å². The van der Waals surface area contributed by atoms with Gasteiger partial charge in [-0.2, -0.15) is 0 Å². The Hall–Kier alpha value is -1.46. The number of carboxylic acid groups (broad SMARTS) is 1. The molecule has 22 heavy (non-hydrogen) atoms. The van der Waals surface area contributed by atoms with Gasteiger partial charge in [-0.3, -0.25) is 4.79 Å². The highest BCUT2D eigenvalue weighted by molar-refractivity contribution is 6.42. The Morgan fingerprint density at radius 1 is 1.27 bits per heavy atom. The SMILES string of the molecule is CC(C)(C)OC(=O)N[C@H](CC(=O)O)Cc1ccc(Cl)c(Cl)c1. The molecule has 5 nitrogen and oxygen atoms in total. The Morgan fingerprint density at radius 3 is 2.41 bits per heavy atom. The molecule has 0 aromatic heterocycles. The summed E-state index contributed by atoms with van der Waals surface area (Å²) in [6.45, 7) is 5.20. The first kappa shape index (κ1) is 18.6. The van der Waals surface area contributed by atoms with E-state index < -0.39 is 23.7 Å². The summed E-state index contributed by atoms with van der Waals surface area (Å²) >= 11 is 11.8. The van der Waals surface area contributed by atoms with Gasteiger partial charge in [0.2, 0.25) is 0 Å².